The lowest BCUT2D eigenvalue weighted by molar-refractivity contribution is -0.0586. The van der Waals surface area contributed by atoms with Gasteiger partial charge in [-0.25, -0.2) is 0 Å². The van der Waals surface area contributed by atoms with Crippen LogP contribution in [0.2, 0.25) is 0 Å². The number of nitrogens with zero attached hydrogens (tertiary/aromatic N) is 3. The molecule has 2 amide bonds. The van der Waals surface area contributed by atoms with Gasteiger partial charge in [0.15, 0.2) is 0 Å². The molecule has 3 atom stereocenters. The first-order chi connectivity index (χ1) is 19.6. The topological polar surface area (TPSA) is 104 Å². The standard InChI is InChI=1S/C33H34N4O4/c1-18-16-36(17-19(2)40-18)33(39)24-11-12-28-26(13-24)31-27(32(34)38)14-25(30-20(3)35-41-22(30)5)15-29(31)37(28)21(4)23-9-7-6-8-10-23/h6-15,18-19,21H,16-17H2,1-5H3,(H2,34,38)/t18-,19+,21?. The molecule has 1 fully saturated rings. The Labute approximate surface area is 238 Å². The largest absolute Gasteiger partial charge is 0.372 e. The Bertz CT molecular complexity index is 1770. The van der Waals surface area contributed by atoms with Crippen molar-refractivity contribution in [1.29, 1.82) is 0 Å². The monoisotopic (exact) mass is 550 g/mol. The van der Waals surface area contributed by atoms with E-state index in [1.54, 1.807) is 0 Å². The van der Waals surface area contributed by atoms with E-state index < -0.39 is 5.91 Å². The minimum Gasteiger partial charge on any atom is -0.372 e. The maximum atomic E-state index is 13.7. The first-order valence-electron chi connectivity index (χ1n) is 14.0. The molecule has 210 valence electrons. The van der Waals surface area contributed by atoms with Crippen LogP contribution in [-0.2, 0) is 4.74 Å². The van der Waals surface area contributed by atoms with E-state index in [2.05, 4.69) is 34.8 Å². The second kappa shape index (κ2) is 10.2. The molecule has 41 heavy (non-hydrogen) atoms. The van der Waals surface area contributed by atoms with Crippen molar-refractivity contribution in [2.45, 2.75) is 52.9 Å². The molecular formula is C33H34N4O4. The molecule has 2 aromatic heterocycles. The number of fused-ring (bicyclic) bond motifs is 3. The van der Waals surface area contributed by atoms with Crippen LogP contribution < -0.4 is 5.73 Å². The molecule has 1 aliphatic rings. The zero-order valence-electron chi connectivity index (χ0n) is 24.0. The molecule has 0 spiro atoms. The lowest BCUT2D eigenvalue weighted by atomic mass is 9.96. The minimum absolute atomic E-state index is 0.0377. The number of benzene rings is 3. The van der Waals surface area contributed by atoms with Gasteiger partial charge < -0.3 is 24.5 Å². The van der Waals surface area contributed by atoms with Gasteiger partial charge in [-0.2, -0.15) is 0 Å². The Kier molecular flexibility index (Phi) is 6.66. The third-order valence-electron chi connectivity index (χ3n) is 8.11. The quantitative estimate of drug-likeness (QED) is 0.288. The normalized spacial score (nSPS) is 18.2. The van der Waals surface area contributed by atoms with Crippen LogP contribution in [0.5, 0.6) is 0 Å². The highest BCUT2D eigenvalue weighted by atomic mass is 16.5. The van der Waals surface area contributed by atoms with Crippen molar-refractivity contribution < 1.29 is 18.8 Å². The van der Waals surface area contributed by atoms with Gasteiger partial charge in [0.05, 0.1) is 29.5 Å². The Morgan fingerprint density at radius 3 is 2.32 bits per heavy atom. The summed E-state index contributed by atoms with van der Waals surface area (Å²) in [5.41, 5.74) is 12.2. The van der Waals surface area contributed by atoms with Crippen LogP contribution in [0, 0.1) is 13.8 Å². The second-order valence-electron chi connectivity index (χ2n) is 11.1. The van der Waals surface area contributed by atoms with Crippen LogP contribution in [0.1, 0.15) is 64.5 Å². The SMILES string of the molecule is Cc1noc(C)c1-c1cc(C(N)=O)c2c3cc(C(=O)N4C[C@@H](C)O[C@@H](C)C4)ccc3n(C(C)c3ccccc3)c2c1. The maximum absolute atomic E-state index is 13.7. The Balaban J connectivity index is 1.63. The predicted molar refractivity (Wildman–Crippen MR) is 159 cm³/mol. The molecule has 3 heterocycles. The van der Waals surface area contributed by atoms with Gasteiger partial charge in [0.1, 0.15) is 5.76 Å². The lowest BCUT2D eigenvalue weighted by Crippen LogP contribution is -2.48. The molecule has 1 saturated heterocycles. The first kappa shape index (κ1) is 26.8. The number of hydrogen-bond acceptors (Lipinski definition) is 5. The molecule has 8 heteroatoms. The smallest absolute Gasteiger partial charge is 0.254 e. The zero-order valence-corrected chi connectivity index (χ0v) is 24.0. The summed E-state index contributed by atoms with van der Waals surface area (Å²) >= 11 is 0. The van der Waals surface area contributed by atoms with Gasteiger partial charge in [-0.3, -0.25) is 9.59 Å². The van der Waals surface area contributed by atoms with Crippen molar-refractivity contribution in [3.8, 4) is 11.1 Å². The fraction of sp³-hybridized carbons (Fsp3) is 0.303. The number of primary amides is 1. The van der Waals surface area contributed by atoms with Gasteiger partial charge in [-0.05, 0) is 76.1 Å². The highest BCUT2D eigenvalue weighted by Gasteiger charge is 2.28. The molecule has 1 aliphatic heterocycles. The van der Waals surface area contributed by atoms with Crippen LogP contribution in [0.3, 0.4) is 0 Å². The number of aryl methyl sites for hydroxylation is 2. The summed E-state index contributed by atoms with van der Waals surface area (Å²) in [7, 11) is 0. The molecule has 0 saturated carbocycles. The van der Waals surface area contributed by atoms with Crippen molar-refractivity contribution in [1.82, 2.24) is 14.6 Å². The van der Waals surface area contributed by atoms with Gasteiger partial charge in [0, 0.05) is 46.1 Å². The molecular weight excluding hydrogens is 516 g/mol. The van der Waals surface area contributed by atoms with E-state index in [9.17, 15) is 9.59 Å². The second-order valence-corrected chi connectivity index (χ2v) is 11.1. The number of carbonyl (C=O) groups is 2. The summed E-state index contributed by atoms with van der Waals surface area (Å²) < 4.78 is 13.5. The van der Waals surface area contributed by atoms with Crippen molar-refractivity contribution in [3.63, 3.8) is 0 Å². The number of rotatable bonds is 5. The van der Waals surface area contributed by atoms with Gasteiger partial charge >= 0.3 is 0 Å². The molecule has 6 rings (SSSR count). The number of amides is 2. The third kappa shape index (κ3) is 4.58. The van der Waals surface area contributed by atoms with Gasteiger partial charge in [-0.15, -0.1) is 0 Å². The molecule has 8 nitrogen and oxygen atoms in total. The summed E-state index contributed by atoms with van der Waals surface area (Å²) in [5, 5.41) is 5.67. The Morgan fingerprint density at radius 1 is 0.976 bits per heavy atom. The van der Waals surface area contributed by atoms with Gasteiger partial charge in [-0.1, -0.05) is 35.5 Å². The fourth-order valence-corrected chi connectivity index (χ4v) is 6.37. The molecule has 0 aliphatic carbocycles. The highest BCUT2D eigenvalue weighted by Crippen LogP contribution is 2.40. The zero-order chi connectivity index (χ0) is 29.0. The number of ether oxygens (including phenoxy) is 1. The molecule has 3 aromatic carbocycles. The predicted octanol–water partition coefficient (Wildman–Crippen LogP) is 6.02. The van der Waals surface area contributed by atoms with E-state index in [1.807, 2.05) is 75.1 Å². The molecule has 0 bridgehead atoms. The third-order valence-corrected chi connectivity index (χ3v) is 8.11. The highest BCUT2D eigenvalue weighted by molar-refractivity contribution is 6.20. The number of nitrogens with two attached hydrogens (primary N) is 1. The van der Waals surface area contributed by atoms with E-state index in [0.717, 1.165) is 44.2 Å². The van der Waals surface area contributed by atoms with Crippen molar-refractivity contribution in [2.75, 3.05) is 13.1 Å². The average molecular weight is 551 g/mol. The summed E-state index contributed by atoms with van der Waals surface area (Å²) in [6.07, 6.45) is -0.0754. The van der Waals surface area contributed by atoms with Crippen LogP contribution >= 0.6 is 0 Å². The van der Waals surface area contributed by atoms with E-state index in [-0.39, 0.29) is 24.2 Å². The lowest BCUT2D eigenvalue weighted by Gasteiger charge is -2.35. The number of carbonyl (C=O) groups excluding carboxylic acids is 2. The maximum Gasteiger partial charge on any atom is 0.254 e. The van der Waals surface area contributed by atoms with Gasteiger partial charge in [0.2, 0.25) is 5.91 Å². The molecule has 2 N–H and O–H groups in total. The summed E-state index contributed by atoms with van der Waals surface area (Å²) in [6.45, 7) is 10.9. The van der Waals surface area contributed by atoms with Crippen LogP contribution in [0.15, 0.2) is 65.2 Å². The molecule has 0 radical (unpaired) electrons. The van der Waals surface area contributed by atoms with Crippen LogP contribution in [-0.4, -0.2) is 51.7 Å². The number of aromatic nitrogens is 2. The van der Waals surface area contributed by atoms with Crippen molar-refractivity contribution in [3.05, 3.63) is 88.8 Å². The van der Waals surface area contributed by atoms with E-state index in [0.29, 0.717) is 30.0 Å². The molecule has 5 aromatic rings. The van der Waals surface area contributed by atoms with E-state index in [4.69, 9.17) is 15.0 Å². The summed E-state index contributed by atoms with van der Waals surface area (Å²) in [5.74, 6) is 0.0688. The first-order valence-corrected chi connectivity index (χ1v) is 14.0. The summed E-state index contributed by atoms with van der Waals surface area (Å²) in [6, 6.07) is 19.8. The minimum atomic E-state index is -0.539. The van der Waals surface area contributed by atoms with Crippen LogP contribution in [0.25, 0.3) is 32.9 Å². The van der Waals surface area contributed by atoms with Crippen molar-refractivity contribution >= 4 is 33.6 Å². The Hall–Kier alpha value is -4.43. The van der Waals surface area contributed by atoms with E-state index >= 15 is 0 Å². The number of hydrogen-bond donors (Lipinski definition) is 1. The molecule has 1 unspecified atom stereocenters. The number of morpholine rings is 1. The van der Waals surface area contributed by atoms with Crippen molar-refractivity contribution in [2.24, 2.45) is 5.73 Å². The van der Waals surface area contributed by atoms with Gasteiger partial charge in [0.25, 0.3) is 5.91 Å². The Morgan fingerprint density at radius 2 is 1.68 bits per heavy atom. The average Bonchev–Trinajstić information content (AvgIpc) is 3.46. The fourth-order valence-electron chi connectivity index (χ4n) is 6.37. The van der Waals surface area contributed by atoms with Crippen LogP contribution in [0.4, 0.5) is 0 Å². The van der Waals surface area contributed by atoms with E-state index in [1.165, 1.54) is 0 Å². The summed E-state index contributed by atoms with van der Waals surface area (Å²) in [4.78, 5) is 28.6.